The third kappa shape index (κ3) is 2.65. The largest absolute Gasteiger partial charge is 0.508 e. The molecule has 3 aromatic rings. The Hall–Kier alpha value is -2.51. The summed E-state index contributed by atoms with van der Waals surface area (Å²) in [5, 5.41) is 10.1. The summed E-state index contributed by atoms with van der Waals surface area (Å²) in [6.45, 7) is 0.890. The van der Waals surface area contributed by atoms with Gasteiger partial charge in [0.15, 0.2) is 0 Å². The zero-order chi connectivity index (χ0) is 17.6. The van der Waals surface area contributed by atoms with Gasteiger partial charge in [-0.1, -0.05) is 6.07 Å². The summed E-state index contributed by atoms with van der Waals surface area (Å²) in [6.07, 6.45) is 1.75. The minimum absolute atomic E-state index is 0.116. The van der Waals surface area contributed by atoms with Gasteiger partial charge in [-0.3, -0.25) is 0 Å². The van der Waals surface area contributed by atoms with Crippen LogP contribution in [0.25, 0.3) is 10.9 Å². The van der Waals surface area contributed by atoms with Crippen molar-refractivity contribution in [3.8, 4) is 5.75 Å². The Bertz CT molecular complexity index is 1010. The predicted octanol–water partition coefficient (Wildman–Crippen LogP) is 2.38. The number of phenols is 1. The van der Waals surface area contributed by atoms with Crippen LogP contribution in [0.2, 0.25) is 0 Å². The van der Waals surface area contributed by atoms with E-state index < -0.39 is 10.0 Å². The molecule has 1 saturated heterocycles. The minimum Gasteiger partial charge on any atom is -0.508 e. The topological polar surface area (TPSA) is 76.6 Å². The van der Waals surface area contributed by atoms with E-state index in [1.165, 1.54) is 4.31 Å². The van der Waals surface area contributed by atoms with Crippen LogP contribution in [0.3, 0.4) is 0 Å². The normalized spacial score (nSPS) is 16.0. The van der Waals surface area contributed by atoms with Crippen LogP contribution in [-0.4, -0.2) is 49.0 Å². The number of nitrogens with zero attached hydrogens (tertiary/aromatic N) is 2. The molecule has 0 unspecified atom stereocenters. The number of aromatic nitrogens is 1. The number of fused-ring (bicyclic) bond motifs is 1. The van der Waals surface area contributed by atoms with Crippen molar-refractivity contribution in [2.45, 2.75) is 10.9 Å². The van der Waals surface area contributed by atoms with Gasteiger partial charge in [0.05, 0.1) is 10.9 Å². The highest BCUT2D eigenvalue weighted by Gasteiger charge is 2.39. The Kier molecular flexibility index (Phi) is 3.70. The number of phenolic OH excluding ortho intramolecular Hbond substituents is 1. The summed E-state index contributed by atoms with van der Waals surface area (Å²) >= 11 is 0. The van der Waals surface area contributed by atoms with E-state index in [2.05, 4.69) is 4.98 Å². The number of nitrogens with one attached hydrogen (secondary N) is 1. The zero-order valence-electron chi connectivity index (χ0n) is 13.8. The van der Waals surface area contributed by atoms with Gasteiger partial charge in [-0.2, -0.15) is 4.31 Å². The molecule has 1 aliphatic rings. The second kappa shape index (κ2) is 5.79. The third-order valence-electron chi connectivity index (χ3n) is 4.81. The molecule has 0 saturated carbocycles. The molecule has 1 aliphatic heterocycles. The van der Waals surface area contributed by atoms with E-state index in [4.69, 9.17) is 0 Å². The monoisotopic (exact) mass is 357 g/mol. The molecule has 0 spiro atoms. The Morgan fingerprint density at radius 1 is 1.12 bits per heavy atom. The highest BCUT2D eigenvalue weighted by atomic mass is 32.2. The van der Waals surface area contributed by atoms with Gasteiger partial charge in [0.25, 0.3) is 0 Å². The van der Waals surface area contributed by atoms with Crippen LogP contribution in [0, 0.1) is 0 Å². The molecule has 1 fully saturated rings. The van der Waals surface area contributed by atoms with Gasteiger partial charge in [-0.15, -0.1) is 0 Å². The fraction of sp³-hybridized carbons (Fsp3) is 0.222. The van der Waals surface area contributed by atoms with Gasteiger partial charge >= 0.3 is 0 Å². The maximum Gasteiger partial charge on any atom is 0.243 e. The van der Waals surface area contributed by atoms with Gasteiger partial charge < -0.3 is 15.0 Å². The highest BCUT2D eigenvalue weighted by Crippen LogP contribution is 2.30. The second-order valence-electron chi connectivity index (χ2n) is 6.30. The van der Waals surface area contributed by atoms with E-state index >= 15 is 0 Å². The summed E-state index contributed by atoms with van der Waals surface area (Å²) in [7, 11) is -1.57. The molecule has 0 bridgehead atoms. The zero-order valence-corrected chi connectivity index (χ0v) is 14.6. The summed E-state index contributed by atoms with van der Waals surface area (Å²) < 4.78 is 27.4. The average molecular weight is 357 g/mol. The number of anilines is 1. The molecule has 0 atom stereocenters. The maximum absolute atomic E-state index is 12.9. The number of benzene rings is 2. The molecule has 0 aliphatic carbocycles. The Labute approximate surface area is 146 Å². The van der Waals surface area contributed by atoms with E-state index in [9.17, 15) is 13.5 Å². The predicted molar refractivity (Wildman–Crippen MR) is 97.4 cm³/mol. The second-order valence-corrected chi connectivity index (χ2v) is 8.20. The maximum atomic E-state index is 12.9. The molecule has 4 rings (SSSR count). The summed E-state index contributed by atoms with van der Waals surface area (Å²) in [6, 6.07) is 14.1. The number of aromatic amines is 1. The molecule has 2 aromatic carbocycles. The lowest BCUT2D eigenvalue weighted by atomic mass is 10.1. The van der Waals surface area contributed by atoms with Crippen molar-refractivity contribution in [3.05, 3.63) is 54.7 Å². The van der Waals surface area contributed by atoms with Crippen LogP contribution in [-0.2, 0) is 10.0 Å². The van der Waals surface area contributed by atoms with E-state index in [1.807, 2.05) is 30.1 Å². The summed E-state index contributed by atoms with van der Waals surface area (Å²) in [5.41, 5.74) is 1.77. The number of sulfonamides is 1. The summed E-state index contributed by atoms with van der Waals surface area (Å²) in [4.78, 5) is 5.44. The molecule has 7 heteroatoms. The number of rotatable bonds is 4. The molecule has 25 heavy (non-hydrogen) atoms. The van der Waals surface area contributed by atoms with E-state index in [0.29, 0.717) is 18.0 Å². The quantitative estimate of drug-likeness (QED) is 0.752. The highest BCUT2D eigenvalue weighted by molar-refractivity contribution is 7.89. The number of H-pyrrole nitrogens is 1. The van der Waals surface area contributed by atoms with Crippen molar-refractivity contribution in [2.75, 3.05) is 25.0 Å². The molecule has 2 N–H and O–H groups in total. The van der Waals surface area contributed by atoms with E-state index in [-0.39, 0.29) is 11.8 Å². The molecule has 2 heterocycles. The standard InChI is InChI=1S/C18H19N3O3S/c1-20(13-5-7-15(22)8-6-13)14-11-21(12-14)25(23,24)18-4-2-3-17-16(18)9-10-19-17/h2-10,14,19,22H,11-12H2,1H3. The van der Waals surface area contributed by atoms with Crippen LogP contribution in [0.15, 0.2) is 59.6 Å². The number of hydrogen-bond donors (Lipinski definition) is 2. The molecule has 130 valence electrons. The third-order valence-corrected chi connectivity index (χ3v) is 6.70. The number of likely N-dealkylation sites (N-methyl/N-ethyl adjacent to an activating group) is 1. The molecular formula is C18H19N3O3S. The van der Waals surface area contributed by atoms with Crippen LogP contribution in [0.4, 0.5) is 5.69 Å². The number of aromatic hydroxyl groups is 1. The SMILES string of the molecule is CN(c1ccc(O)cc1)C1CN(S(=O)(=O)c2cccc3[nH]ccc23)C1. The van der Waals surface area contributed by atoms with E-state index in [1.54, 1.807) is 36.5 Å². The van der Waals surface area contributed by atoms with Crippen LogP contribution < -0.4 is 4.90 Å². The molecule has 0 amide bonds. The summed E-state index contributed by atoms with van der Waals surface area (Å²) in [5.74, 6) is 0.217. The first-order chi connectivity index (χ1) is 12.0. The van der Waals surface area contributed by atoms with Gasteiger partial charge in [0.1, 0.15) is 5.75 Å². The van der Waals surface area contributed by atoms with Crippen molar-refractivity contribution in [1.82, 2.24) is 9.29 Å². The van der Waals surface area contributed by atoms with Crippen molar-refractivity contribution in [2.24, 2.45) is 0 Å². The van der Waals surface area contributed by atoms with Gasteiger partial charge in [0, 0.05) is 42.9 Å². The van der Waals surface area contributed by atoms with Crippen LogP contribution >= 0.6 is 0 Å². The van der Waals surface area contributed by atoms with Crippen molar-refractivity contribution in [3.63, 3.8) is 0 Å². The lowest BCUT2D eigenvalue weighted by Crippen LogP contribution is -2.60. The molecule has 0 radical (unpaired) electrons. The Balaban J connectivity index is 1.53. The van der Waals surface area contributed by atoms with Crippen molar-refractivity contribution >= 4 is 26.6 Å². The fourth-order valence-corrected chi connectivity index (χ4v) is 4.90. The van der Waals surface area contributed by atoms with Gasteiger partial charge in [-0.25, -0.2) is 8.42 Å². The Morgan fingerprint density at radius 3 is 2.56 bits per heavy atom. The lowest BCUT2D eigenvalue weighted by Gasteiger charge is -2.43. The number of hydrogen-bond acceptors (Lipinski definition) is 4. The fourth-order valence-electron chi connectivity index (χ4n) is 3.18. The van der Waals surface area contributed by atoms with Crippen LogP contribution in [0.1, 0.15) is 0 Å². The minimum atomic E-state index is -3.51. The van der Waals surface area contributed by atoms with Gasteiger partial charge in [0.2, 0.25) is 10.0 Å². The van der Waals surface area contributed by atoms with Crippen LogP contribution in [0.5, 0.6) is 5.75 Å². The van der Waals surface area contributed by atoms with Crippen molar-refractivity contribution in [1.29, 1.82) is 0 Å². The van der Waals surface area contributed by atoms with E-state index in [0.717, 1.165) is 16.6 Å². The molecular weight excluding hydrogens is 338 g/mol. The smallest absolute Gasteiger partial charge is 0.243 e. The van der Waals surface area contributed by atoms with Crippen molar-refractivity contribution < 1.29 is 13.5 Å². The molecule has 6 nitrogen and oxygen atoms in total. The average Bonchev–Trinajstić information content (AvgIpc) is 3.02. The first-order valence-corrected chi connectivity index (χ1v) is 9.49. The molecule has 1 aromatic heterocycles. The first kappa shape index (κ1) is 16.0. The first-order valence-electron chi connectivity index (χ1n) is 8.05. The Morgan fingerprint density at radius 2 is 1.84 bits per heavy atom. The van der Waals surface area contributed by atoms with Gasteiger partial charge in [-0.05, 0) is 42.5 Å². The lowest BCUT2D eigenvalue weighted by molar-refractivity contribution is 0.259.